The van der Waals surface area contributed by atoms with E-state index in [-0.39, 0.29) is 24.4 Å². The Kier molecular flexibility index (Phi) is 8.99. The molecule has 0 aliphatic heterocycles. The van der Waals surface area contributed by atoms with Crippen molar-refractivity contribution >= 4 is 16.8 Å². The molecular formula is C30H32F2N2O. The van der Waals surface area contributed by atoms with Crippen LogP contribution in [-0.2, 0) is 17.8 Å². The molecule has 0 atom stereocenters. The molecule has 1 heterocycles. The number of carbonyl (C=O) groups is 1. The first-order valence-corrected chi connectivity index (χ1v) is 11.7. The number of halogens is 2. The minimum atomic E-state index is -2.65. The molecule has 182 valence electrons. The Labute approximate surface area is 206 Å². The van der Waals surface area contributed by atoms with Gasteiger partial charge in [-0.3, -0.25) is 4.79 Å². The summed E-state index contributed by atoms with van der Waals surface area (Å²) >= 11 is 0. The third kappa shape index (κ3) is 6.46. The van der Waals surface area contributed by atoms with E-state index in [0.29, 0.717) is 18.7 Å². The highest BCUT2D eigenvalue weighted by atomic mass is 19.3. The van der Waals surface area contributed by atoms with Gasteiger partial charge in [0.1, 0.15) is 0 Å². The van der Waals surface area contributed by atoms with E-state index in [2.05, 4.69) is 17.6 Å². The van der Waals surface area contributed by atoms with E-state index >= 15 is 0 Å². The molecule has 3 nitrogen and oxygen atoms in total. The zero-order chi connectivity index (χ0) is 25.4. The predicted octanol–water partition coefficient (Wildman–Crippen LogP) is 7.14. The van der Waals surface area contributed by atoms with E-state index in [4.69, 9.17) is 0 Å². The molecule has 1 aromatic heterocycles. The van der Waals surface area contributed by atoms with Crippen LogP contribution in [0.2, 0.25) is 0 Å². The quantitative estimate of drug-likeness (QED) is 0.246. The molecule has 0 fully saturated rings. The minimum Gasteiger partial charge on any atom is -0.352 e. The summed E-state index contributed by atoms with van der Waals surface area (Å²) in [6.45, 7) is 10.1. The topological polar surface area (TPSA) is 34.0 Å². The lowest BCUT2D eigenvalue weighted by atomic mass is 10.0. The number of rotatable bonds is 10. The molecule has 1 amide bonds. The van der Waals surface area contributed by atoms with Crippen LogP contribution in [0.1, 0.15) is 47.7 Å². The number of carbonyl (C=O) groups excluding carboxylic acids is 1. The van der Waals surface area contributed by atoms with Crippen molar-refractivity contribution in [3.05, 3.63) is 113 Å². The van der Waals surface area contributed by atoms with Crippen molar-refractivity contribution in [3.63, 3.8) is 0 Å². The van der Waals surface area contributed by atoms with Crippen LogP contribution in [-0.4, -0.2) is 17.0 Å². The number of aryl methyl sites for hydroxylation is 3. The summed E-state index contributed by atoms with van der Waals surface area (Å²) in [7, 11) is 0. The minimum absolute atomic E-state index is 0.00877. The third-order valence-electron chi connectivity index (χ3n) is 6.05. The maximum absolute atomic E-state index is 14.4. The van der Waals surface area contributed by atoms with Crippen LogP contribution in [0.25, 0.3) is 10.9 Å². The molecular weight excluding hydrogens is 442 g/mol. The van der Waals surface area contributed by atoms with Gasteiger partial charge in [-0.15, -0.1) is 5.73 Å². The second kappa shape index (κ2) is 12.1. The number of allylic oxidation sites excluding steroid dienone is 3. The van der Waals surface area contributed by atoms with Crippen molar-refractivity contribution in [1.29, 1.82) is 0 Å². The Morgan fingerprint density at radius 1 is 1.20 bits per heavy atom. The highest BCUT2D eigenvalue weighted by Gasteiger charge is 2.24. The number of hydrogen-bond acceptors (Lipinski definition) is 1. The highest BCUT2D eigenvalue weighted by molar-refractivity contribution is 5.87. The van der Waals surface area contributed by atoms with Gasteiger partial charge in [-0.05, 0) is 67.7 Å². The third-order valence-corrected chi connectivity index (χ3v) is 6.05. The molecule has 0 saturated carbocycles. The van der Waals surface area contributed by atoms with E-state index in [1.54, 1.807) is 10.6 Å². The summed E-state index contributed by atoms with van der Waals surface area (Å²) in [5.41, 5.74) is 8.02. The number of para-hydroxylation sites is 1. The lowest BCUT2D eigenvalue weighted by Gasteiger charge is -2.14. The summed E-state index contributed by atoms with van der Waals surface area (Å²) in [6.07, 6.45) is 4.99. The molecule has 2 aromatic carbocycles. The van der Waals surface area contributed by atoms with Gasteiger partial charge in [-0.2, -0.15) is 0 Å². The van der Waals surface area contributed by atoms with Gasteiger partial charge < -0.3 is 9.88 Å². The van der Waals surface area contributed by atoms with Gasteiger partial charge in [0.2, 0.25) is 5.91 Å². The molecule has 35 heavy (non-hydrogen) atoms. The van der Waals surface area contributed by atoms with Crippen LogP contribution in [0.15, 0.2) is 84.7 Å². The number of aromatic nitrogens is 1. The maximum atomic E-state index is 14.4. The zero-order valence-corrected chi connectivity index (χ0v) is 20.6. The molecule has 0 aliphatic carbocycles. The lowest BCUT2D eigenvalue weighted by Crippen LogP contribution is -2.25. The van der Waals surface area contributed by atoms with Gasteiger partial charge in [0.25, 0.3) is 6.43 Å². The van der Waals surface area contributed by atoms with Gasteiger partial charge in [-0.25, -0.2) is 8.78 Å². The first kappa shape index (κ1) is 25.9. The van der Waals surface area contributed by atoms with Gasteiger partial charge >= 0.3 is 0 Å². The molecule has 3 rings (SSSR count). The fourth-order valence-electron chi connectivity index (χ4n) is 4.30. The van der Waals surface area contributed by atoms with Crippen molar-refractivity contribution in [1.82, 2.24) is 9.88 Å². The molecule has 0 spiro atoms. The second-order valence-corrected chi connectivity index (χ2v) is 8.59. The maximum Gasteiger partial charge on any atom is 0.278 e. The largest absolute Gasteiger partial charge is 0.352 e. The molecule has 0 bridgehead atoms. The number of amides is 1. The van der Waals surface area contributed by atoms with Gasteiger partial charge in [0.05, 0.1) is 5.69 Å². The van der Waals surface area contributed by atoms with Crippen molar-refractivity contribution in [3.8, 4) is 0 Å². The van der Waals surface area contributed by atoms with Crippen LogP contribution < -0.4 is 5.32 Å². The lowest BCUT2D eigenvalue weighted by molar-refractivity contribution is -0.120. The van der Waals surface area contributed by atoms with Crippen LogP contribution in [0.5, 0.6) is 0 Å². The smallest absolute Gasteiger partial charge is 0.278 e. The molecule has 3 aromatic rings. The monoisotopic (exact) mass is 474 g/mol. The molecule has 0 radical (unpaired) electrons. The molecule has 0 aliphatic rings. The van der Waals surface area contributed by atoms with Gasteiger partial charge in [-0.1, -0.05) is 60.7 Å². The molecule has 1 N–H and O–H groups in total. The van der Waals surface area contributed by atoms with Crippen LogP contribution in [0.3, 0.4) is 0 Å². The first-order valence-electron chi connectivity index (χ1n) is 11.7. The van der Waals surface area contributed by atoms with Crippen molar-refractivity contribution in [2.75, 3.05) is 6.54 Å². The average molecular weight is 475 g/mol. The molecule has 5 heteroatoms. The Morgan fingerprint density at radius 2 is 1.97 bits per heavy atom. The Balaban J connectivity index is 1.88. The van der Waals surface area contributed by atoms with Gasteiger partial charge in [0.15, 0.2) is 0 Å². The van der Waals surface area contributed by atoms with Crippen LogP contribution >= 0.6 is 0 Å². The summed E-state index contributed by atoms with van der Waals surface area (Å²) in [4.78, 5) is 12.6. The van der Waals surface area contributed by atoms with E-state index in [9.17, 15) is 13.6 Å². The number of fused-ring (bicyclic) bond motifs is 1. The van der Waals surface area contributed by atoms with Crippen molar-refractivity contribution in [2.24, 2.45) is 0 Å². The van der Waals surface area contributed by atoms with Crippen LogP contribution in [0, 0.1) is 13.8 Å². The van der Waals surface area contributed by atoms with E-state index in [1.165, 1.54) is 0 Å². The first-order chi connectivity index (χ1) is 16.8. The fourth-order valence-corrected chi connectivity index (χ4v) is 4.30. The predicted molar refractivity (Wildman–Crippen MR) is 140 cm³/mol. The number of nitrogens with one attached hydrogen (secondary N) is 1. The molecule has 0 saturated heterocycles. The summed E-state index contributed by atoms with van der Waals surface area (Å²) in [6, 6.07) is 13.5. The highest BCUT2D eigenvalue weighted by Crippen LogP contribution is 2.35. The Bertz CT molecular complexity index is 1310. The number of nitrogens with zero attached hydrogens (tertiary/aromatic N) is 1. The standard InChI is InChI=1S/C30H32F2N2O/c1-5-7-11-23(10-6-2)19-33-28(35)17-16-26-25-12-8-9-13-27(25)34(29(26)30(31)32)20-24-18-21(3)14-15-22(24)4/h6-15,18,30H,1,16-17,19-20H2,2-4H3,(H,33,35)/b10-6-,23-11+. The molecule has 0 unspecified atom stereocenters. The summed E-state index contributed by atoms with van der Waals surface area (Å²) < 4.78 is 30.6. The summed E-state index contributed by atoms with van der Waals surface area (Å²) in [5, 5.41) is 3.65. The number of hydrogen-bond donors (Lipinski definition) is 1. The van der Waals surface area contributed by atoms with E-state index in [1.807, 2.05) is 81.5 Å². The summed E-state index contributed by atoms with van der Waals surface area (Å²) in [5.74, 6) is -0.186. The Morgan fingerprint density at radius 3 is 2.69 bits per heavy atom. The SMILES string of the molecule is C=C=C/C=C(\C=C/C)CNC(=O)CCc1c(C(F)F)n(Cc2cc(C)ccc2C)c2ccccc12. The van der Waals surface area contributed by atoms with Gasteiger partial charge in [0, 0.05) is 30.4 Å². The van der Waals surface area contributed by atoms with Crippen molar-refractivity contribution in [2.45, 2.75) is 46.6 Å². The van der Waals surface area contributed by atoms with E-state index in [0.717, 1.165) is 33.2 Å². The average Bonchev–Trinajstić information content (AvgIpc) is 3.15. The Hall–Kier alpha value is -3.69. The number of alkyl halides is 2. The normalized spacial score (nSPS) is 11.9. The fraction of sp³-hybridized carbons (Fsp3) is 0.267. The van der Waals surface area contributed by atoms with Crippen LogP contribution in [0.4, 0.5) is 8.78 Å². The number of benzene rings is 2. The second-order valence-electron chi connectivity index (χ2n) is 8.59. The van der Waals surface area contributed by atoms with Crippen molar-refractivity contribution < 1.29 is 13.6 Å². The van der Waals surface area contributed by atoms with E-state index < -0.39 is 6.43 Å². The zero-order valence-electron chi connectivity index (χ0n) is 20.6.